The molecule has 8 nitrogen and oxygen atoms in total. The summed E-state index contributed by atoms with van der Waals surface area (Å²) in [5.41, 5.74) is 0.575. The molecule has 0 spiro atoms. The van der Waals surface area contributed by atoms with Crippen molar-refractivity contribution in [3.63, 3.8) is 0 Å². The Bertz CT molecular complexity index is 885. The van der Waals surface area contributed by atoms with Gasteiger partial charge in [0.2, 0.25) is 0 Å². The lowest BCUT2D eigenvalue weighted by Crippen LogP contribution is -2.30. The van der Waals surface area contributed by atoms with E-state index in [2.05, 4.69) is 14.5 Å². The van der Waals surface area contributed by atoms with E-state index < -0.39 is 15.9 Å². The van der Waals surface area contributed by atoms with Gasteiger partial charge in [-0.2, -0.15) is 5.10 Å². The lowest BCUT2D eigenvalue weighted by Gasteiger charge is -2.02. The zero-order valence-electron chi connectivity index (χ0n) is 11.1. The normalized spacial score (nSPS) is 11.3. The molecule has 0 saturated carbocycles. The van der Waals surface area contributed by atoms with Crippen LogP contribution in [-0.2, 0) is 10.0 Å². The van der Waals surface area contributed by atoms with Gasteiger partial charge in [0, 0.05) is 0 Å². The van der Waals surface area contributed by atoms with Crippen LogP contribution in [0.5, 0.6) is 0 Å². The minimum atomic E-state index is -4.04. The molecule has 1 N–H and O–H groups in total. The molecule has 2 heterocycles. The largest absolute Gasteiger partial charge is 0.451 e. The van der Waals surface area contributed by atoms with E-state index in [9.17, 15) is 13.2 Å². The fraction of sp³-hybridized carbons (Fsp3) is 0. The summed E-state index contributed by atoms with van der Waals surface area (Å²) in [5.74, 6) is -0.874. The van der Waals surface area contributed by atoms with Gasteiger partial charge in [0.15, 0.2) is 12.1 Å². The van der Waals surface area contributed by atoms with E-state index in [1.807, 2.05) is 10.8 Å². The summed E-state index contributed by atoms with van der Waals surface area (Å²) < 4.78 is 32.2. The molecule has 0 aliphatic carbocycles. The fourth-order valence-electron chi connectivity index (χ4n) is 1.72. The summed E-state index contributed by atoms with van der Waals surface area (Å²) in [4.78, 5) is 15.2. The maximum atomic E-state index is 12.1. The number of aromatic nitrogens is 3. The summed E-state index contributed by atoms with van der Waals surface area (Å²) in [6.07, 6.45) is 4.56. The van der Waals surface area contributed by atoms with Crippen molar-refractivity contribution < 1.29 is 17.6 Å². The molecule has 3 rings (SSSR count). The average molecular weight is 318 g/mol. The minimum Gasteiger partial charge on any atom is -0.451 e. The number of rotatable bonds is 4. The number of nitrogens with zero attached hydrogens (tertiary/aromatic N) is 3. The smallest absolute Gasteiger partial charge is 0.286 e. The first kappa shape index (κ1) is 14.0. The topological polar surface area (TPSA) is 107 Å². The molecule has 0 atom stereocenters. The summed E-state index contributed by atoms with van der Waals surface area (Å²) in [7, 11) is -4.04. The highest BCUT2D eigenvalue weighted by Gasteiger charge is 2.22. The average Bonchev–Trinajstić information content (AvgIpc) is 3.20. The highest BCUT2D eigenvalue weighted by atomic mass is 32.2. The van der Waals surface area contributed by atoms with Crippen LogP contribution in [0.1, 0.15) is 10.5 Å². The Balaban J connectivity index is 1.84. The first-order valence-corrected chi connectivity index (χ1v) is 7.60. The zero-order valence-corrected chi connectivity index (χ0v) is 11.9. The maximum Gasteiger partial charge on any atom is 0.286 e. The van der Waals surface area contributed by atoms with Crippen LogP contribution in [0.25, 0.3) is 5.69 Å². The second-order valence-electron chi connectivity index (χ2n) is 4.26. The lowest BCUT2D eigenvalue weighted by molar-refractivity contribution is 0.0976. The van der Waals surface area contributed by atoms with Gasteiger partial charge < -0.3 is 4.42 Å². The van der Waals surface area contributed by atoms with Gasteiger partial charge in [-0.15, -0.1) is 0 Å². The van der Waals surface area contributed by atoms with Crippen LogP contribution >= 0.6 is 0 Å². The molecule has 3 aromatic rings. The second-order valence-corrected chi connectivity index (χ2v) is 5.95. The molecule has 1 amide bonds. The van der Waals surface area contributed by atoms with Gasteiger partial charge in [0.25, 0.3) is 15.9 Å². The van der Waals surface area contributed by atoms with E-state index in [1.165, 1.54) is 10.9 Å². The Morgan fingerprint density at radius 3 is 2.68 bits per heavy atom. The predicted molar refractivity (Wildman–Crippen MR) is 74.7 cm³/mol. The number of sulfonamides is 1. The Labute approximate surface area is 125 Å². The monoisotopic (exact) mass is 318 g/mol. The number of nitrogens with one attached hydrogen (secondary N) is 1. The standard InChI is InChI=1S/C13H10N4O4S/c18-13(12-8-21-9-14-12)16-22(19,20)11-6-15-17(7-11)10-4-2-1-3-5-10/h1-9H,(H,16,18). The van der Waals surface area contributed by atoms with E-state index in [4.69, 9.17) is 0 Å². The SMILES string of the molecule is O=C(NS(=O)(=O)c1cnn(-c2ccccc2)c1)c1cocn1. The maximum absolute atomic E-state index is 12.1. The number of para-hydroxylation sites is 1. The summed E-state index contributed by atoms with van der Waals surface area (Å²) in [5, 5.41) is 3.97. The minimum absolute atomic E-state index is 0.126. The van der Waals surface area contributed by atoms with Crippen molar-refractivity contribution in [2.45, 2.75) is 4.90 Å². The van der Waals surface area contributed by atoms with Crippen molar-refractivity contribution in [2.24, 2.45) is 0 Å². The number of hydrogen-bond acceptors (Lipinski definition) is 6. The van der Waals surface area contributed by atoms with Crippen molar-refractivity contribution in [3.05, 3.63) is 61.1 Å². The number of carbonyl (C=O) groups excluding carboxylic acids is 1. The van der Waals surface area contributed by atoms with Gasteiger partial charge in [-0.3, -0.25) is 4.79 Å². The molecule has 22 heavy (non-hydrogen) atoms. The molecular weight excluding hydrogens is 308 g/mol. The third-order valence-electron chi connectivity index (χ3n) is 2.78. The van der Waals surface area contributed by atoms with Crippen LogP contribution in [0.4, 0.5) is 0 Å². The molecule has 0 saturated heterocycles. The number of amides is 1. The Morgan fingerprint density at radius 2 is 2.00 bits per heavy atom. The van der Waals surface area contributed by atoms with Crippen molar-refractivity contribution >= 4 is 15.9 Å². The van der Waals surface area contributed by atoms with Gasteiger partial charge in [-0.1, -0.05) is 18.2 Å². The van der Waals surface area contributed by atoms with Crippen LogP contribution in [0.3, 0.4) is 0 Å². The van der Waals surface area contributed by atoms with Gasteiger partial charge in [0.1, 0.15) is 11.2 Å². The second kappa shape index (κ2) is 5.45. The number of oxazole rings is 1. The molecule has 0 fully saturated rings. The molecule has 0 aliphatic heterocycles. The molecule has 9 heteroatoms. The summed E-state index contributed by atoms with van der Waals surface area (Å²) in [6, 6.07) is 8.99. The van der Waals surface area contributed by atoms with E-state index in [-0.39, 0.29) is 10.6 Å². The highest BCUT2D eigenvalue weighted by Crippen LogP contribution is 2.12. The van der Waals surface area contributed by atoms with Crippen LogP contribution < -0.4 is 4.72 Å². The Kier molecular flexibility index (Phi) is 3.47. The first-order valence-electron chi connectivity index (χ1n) is 6.12. The third kappa shape index (κ3) is 2.74. The summed E-state index contributed by atoms with van der Waals surface area (Å²) in [6.45, 7) is 0. The Morgan fingerprint density at radius 1 is 1.23 bits per heavy atom. The van der Waals surface area contributed by atoms with Crippen molar-refractivity contribution in [1.82, 2.24) is 19.5 Å². The van der Waals surface area contributed by atoms with Crippen LogP contribution in [0.2, 0.25) is 0 Å². The predicted octanol–water partition coefficient (Wildman–Crippen LogP) is 0.979. The third-order valence-corrected chi connectivity index (χ3v) is 4.07. The lowest BCUT2D eigenvalue weighted by atomic mass is 10.3. The molecule has 0 aliphatic rings. The molecule has 2 aromatic heterocycles. The number of hydrogen-bond donors (Lipinski definition) is 1. The molecule has 0 bridgehead atoms. The van der Waals surface area contributed by atoms with Crippen molar-refractivity contribution in [3.8, 4) is 5.69 Å². The van der Waals surface area contributed by atoms with Crippen LogP contribution in [0, 0.1) is 0 Å². The van der Waals surface area contributed by atoms with E-state index in [0.29, 0.717) is 5.69 Å². The van der Waals surface area contributed by atoms with Gasteiger partial charge in [-0.25, -0.2) is 22.8 Å². The molecule has 0 unspecified atom stereocenters. The van der Waals surface area contributed by atoms with E-state index in [1.54, 1.807) is 24.3 Å². The molecule has 1 aromatic carbocycles. The first-order chi connectivity index (χ1) is 10.6. The quantitative estimate of drug-likeness (QED) is 0.768. The van der Waals surface area contributed by atoms with E-state index in [0.717, 1.165) is 18.9 Å². The molecule has 112 valence electrons. The highest BCUT2D eigenvalue weighted by molar-refractivity contribution is 7.90. The zero-order chi connectivity index (χ0) is 15.6. The van der Waals surface area contributed by atoms with Gasteiger partial charge >= 0.3 is 0 Å². The van der Waals surface area contributed by atoms with Crippen LogP contribution in [0.15, 0.2) is 64.7 Å². The van der Waals surface area contributed by atoms with Crippen LogP contribution in [-0.4, -0.2) is 29.1 Å². The number of benzene rings is 1. The molecule has 0 radical (unpaired) electrons. The van der Waals surface area contributed by atoms with Gasteiger partial charge in [-0.05, 0) is 12.1 Å². The summed E-state index contributed by atoms with van der Waals surface area (Å²) >= 11 is 0. The fourth-order valence-corrected chi connectivity index (χ4v) is 2.62. The van der Waals surface area contributed by atoms with Crippen molar-refractivity contribution in [2.75, 3.05) is 0 Å². The number of carbonyl (C=O) groups is 1. The van der Waals surface area contributed by atoms with Crippen molar-refractivity contribution in [1.29, 1.82) is 0 Å². The molecular formula is C13H10N4O4S. The Hall–Kier alpha value is -2.94. The van der Waals surface area contributed by atoms with Gasteiger partial charge in [0.05, 0.1) is 18.1 Å². The van der Waals surface area contributed by atoms with E-state index >= 15 is 0 Å².